The van der Waals surface area contributed by atoms with Crippen molar-refractivity contribution >= 4 is 22.6 Å². The molecule has 0 saturated heterocycles. The van der Waals surface area contributed by atoms with Crippen molar-refractivity contribution in [2.75, 3.05) is 6.61 Å². The second-order valence-corrected chi connectivity index (χ2v) is 6.45. The van der Waals surface area contributed by atoms with E-state index in [4.69, 9.17) is 4.74 Å². The number of ether oxygens (including phenoxy) is 1. The molecule has 1 atom stereocenters. The standard InChI is InChI=1S/C20H25NO3/c1-14(2)11-12-20(23)24-13-19(22)21-15(3)17-10-6-8-16-7-4-5-9-18(16)17/h4-10,14-15H,11-13H2,1-3H3,(H,21,22). The molecule has 2 rings (SSSR count). The highest BCUT2D eigenvalue weighted by Gasteiger charge is 2.14. The van der Waals surface area contributed by atoms with Gasteiger partial charge in [-0.25, -0.2) is 0 Å². The highest BCUT2D eigenvalue weighted by Crippen LogP contribution is 2.23. The first-order chi connectivity index (χ1) is 11.5. The van der Waals surface area contributed by atoms with Gasteiger partial charge in [-0.2, -0.15) is 0 Å². The van der Waals surface area contributed by atoms with E-state index < -0.39 is 0 Å². The molecular formula is C20H25NO3. The Morgan fingerprint density at radius 2 is 1.75 bits per heavy atom. The molecule has 1 N–H and O–H groups in total. The molecule has 0 spiro atoms. The van der Waals surface area contributed by atoms with Crippen LogP contribution in [-0.2, 0) is 14.3 Å². The van der Waals surface area contributed by atoms with Crippen LogP contribution in [0.1, 0.15) is 45.2 Å². The molecule has 2 aromatic carbocycles. The molecule has 0 saturated carbocycles. The fourth-order valence-electron chi connectivity index (χ4n) is 2.61. The minimum atomic E-state index is -0.323. The fraction of sp³-hybridized carbons (Fsp3) is 0.400. The first-order valence-corrected chi connectivity index (χ1v) is 8.40. The minimum absolute atomic E-state index is 0.155. The first kappa shape index (κ1) is 18.0. The number of nitrogens with one attached hydrogen (secondary N) is 1. The van der Waals surface area contributed by atoms with Gasteiger partial charge in [-0.1, -0.05) is 56.3 Å². The maximum Gasteiger partial charge on any atom is 0.306 e. The minimum Gasteiger partial charge on any atom is -0.456 e. The molecule has 0 aromatic heterocycles. The van der Waals surface area contributed by atoms with E-state index in [9.17, 15) is 9.59 Å². The van der Waals surface area contributed by atoms with Gasteiger partial charge in [0.05, 0.1) is 6.04 Å². The van der Waals surface area contributed by atoms with Crippen molar-refractivity contribution in [3.05, 3.63) is 48.0 Å². The van der Waals surface area contributed by atoms with E-state index in [0.29, 0.717) is 12.3 Å². The van der Waals surface area contributed by atoms with Crippen molar-refractivity contribution in [3.63, 3.8) is 0 Å². The zero-order chi connectivity index (χ0) is 17.5. The van der Waals surface area contributed by atoms with Crippen LogP contribution < -0.4 is 5.32 Å². The molecule has 0 aliphatic heterocycles. The maximum absolute atomic E-state index is 12.0. The monoisotopic (exact) mass is 327 g/mol. The van der Waals surface area contributed by atoms with Crippen molar-refractivity contribution in [1.82, 2.24) is 5.32 Å². The molecule has 4 nitrogen and oxygen atoms in total. The van der Waals surface area contributed by atoms with Crippen molar-refractivity contribution in [1.29, 1.82) is 0 Å². The Labute approximate surface area is 143 Å². The van der Waals surface area contributed by atoms with Gasteiger partial charge in [0, 0.05) is 6.42 Å². The number of hydrogen-bond donors (Lipinski definition) is 1. The Bertz CT molecular complexity index is 704. The zero-order valence-corrected chi connectivity index (χ0v) is 14.5. The molecular weight excluding hydrogens is 302 g/mol. The van der Waals surface area contributed by atoms with Crippen LogP contribution in [0, 0.1) is 5.92 Å². The van der Waals surface area contributed by atoms with Crippen LogP contribution in [-0.4, -0.2) is 18.5 Å². The molecule has 0 aliphatic carbocycles. The molecule has 0 fully saturated rings. The van der Waals surface area contributed by atoms with Crippen molar-refractivity contribution in [2.45, 2.75) is 39.7 Å². The highest BCUT2D eigenvalue weighted by molar-refractivity contribution is 5.87. The van der Waals surface area contributed by atoms with E-state index in [1.165, 1.54) is 0 Å². The normalized spacial score (nSPS) is 12.2. The largest absolute Gasteiger partial charge is 0.456 e. The van der Waals surface area contributed by atoms with Gasteiger partial charge in [0.25, 0.3) is 5.91 Å². The molecule has 1 amide bonds. The third-order valence-electron chi connectivity index (χ3n) is 3.96. The summed E-state index contributed by atoms with van der Waals surface area (Å²) in [4.78, 5) is 23.6. The Balaban J connectivity index is 1.90. The maximum atomic E-state index is 12.0. The van der Waals surface area contributed by atoms with Crippen LogP contribution >= 0.6 is 0 Å². The van der Waals surface area contributed by atoms with Gasteiger partial charge in [0.1, 0.15) is 0 Å². The summed E-state index contributed by atoms with van der Waals surface area (Å²) in [6.07, 6.45) is 1.12. The molecule has 0 heterocycles. The summed E-state index contributed by atoms with van der Waals surface area (Å²) >= 11 is 0. The second-order valence-electron chi connectivity index (χ2n) is 6.45. The number of carbonyl (C=O) groups is 2. The van der Waals surface area contributed by atoms with Crippen molar-refractivity contribution in [3.8, 4) is 0 Å². The van der Waals surface area contributed by atoms with Crippen LogP contribution in [0.15, 0.2) is 42.5 Å². The Morgan fingerprint density at radius 3 is 2.50 bits per heavy atom. The van der Waals surface area contributed by atoms with E-state index in [0.717, 1.165) is 22.8 Å². The lowest BCUT2D eigenvalue weighted by atomic mass is 10.00. The number of hydrogen-bond acceptors (Lipinski definition) is 3. The van der Waals surface area contributed by atoms with Crippen LogP contribution in [0.5, 0.6) is 0 Å². The summed E-state index contributed by atoms with van der Waals surface area (Å²) < 4.78 is 5.03. The molecule has 1 unspecified atom stereocenters. The third-order valence-corrected chi connectivity index (χ3v) is 3.96. The lowest BCUT2D eigenvalue weighted by molar-refractivity contribution is -0.149. The van der Waals surface area contributed by atoms with Crippen LogP contribution in [0.3, 0.4) is 0 Å². The highest BCUT2D eigenvalue weighted by atomic mass is 16.5. The average Bonchev–Trinajstić information content (AvgIpc) is 2.57. The van der Waals surface area contributed by atoms with Crippen LogP contribution in [0.4, 0.5) is 0 Å². The summed E-state index contributed by atoms with van der Waals surface area (Å²) in [7, 11) is 0. The van der Waals surface area contributed by atoms with Crippen LogP contribution in [0.2, 0.25) is 0 Å². The van der Waals surface area contributed by atoms with Crippen molar-refractivity contribution in [2.24, 2.45) is 5.92 Å². The van der Waals surface area contributed by atoms with E-state index in [2.05, 4.69) is 5.32 Å². The number of esters is 1. The molecule has 128 valence electrons. The van der Waals surface area contributed by atoms with Gasteiger partial charge < -0.3 is 10.1 Å². The summed E-state index contributed by atoms with van der Waals surface area (Å²) in [6, 6.07) is 13.9. The van der Waals surface area contributed by atoms with Gasteiger partial charge >= 0.3 is 5.97 Å². The fourth-order valence-corrected chi connectivity index (χ4v) is 2.61. The molecule has 24 heavy (non-hydrogen) atoms. The number of amides is 1. The van der Waals surface area contributed by atoms with Gasteiger partial charge in [-0.3, -0.25) is 9.59 Å². The van der Waals surface area contributed by atoms with Gasteiger partial charge in [-0.05, 0) is 35.6 Å². The van der Waals surface area contributed by atoms with Crippen LogP contribution in [0.25, 0.3) is 10.8 Å². The molecule has 0 aliphatic rings. The smallest absolute Gasteiger partial charge is 0.306 e. The summed E-state index contributed by atoms with van der Waals surface area (Å²) in [5.41, 5.74) is 1.05. The number of fused-ring (bicyclic) bond motifs is 1. The van der Waals surface area contributed by atoms with Crippen molar-refractivity contribution < 1.29 is 14.3 Å². The quantitative estimate of drug-likeness (QED) is 0.782. The molecule has 0 radical (unpaired) electrons. The predicted molar refractivity (Wildman–Crippen MR) is 95.5 cm³/mol. The lowest BCUT2D eigenvalue weighted by Gasteiger charge is -2.16. The van der Waals surface area contributed by atoms with E-state index in [-0.39, 0.29) is 24.5 Å². The summed E-state index contributed by atoms with van der Waals surface area (Å²) in [5.74, 6) is -0.164. The number of carbonyl (C=O) groups excluding carboxylic acids is 2. The molecule has 2 aromatic rings. The Hall–Kier alpha value is -2.36. The van der Waals surface area contributed by atoms with E-state index >= 15 is 0 Å². The second kappa shape index (κ2) is 8.48. The number of rotatable bonds is 7. The molecule has 4 heteroatoms. The van der Waals surface area contributed by atoms with E-state index in [1.54, 1.807) is 0 Å². The topological polar surface area (TPSA) is 55.4 Å². The Morgan fingerprint density at radius 1 is 1.04 bits per heavy atom. The summed E-state index contributed by atoms with van der Waals surface area (Å²) in [6.45, 7) is 5.80. The van der Waals surface area contributed by atoms with Gasteiger partial charge in [0.15, 0.2) is 6.61 Å². The van der Waals surface area contributed by atoms with Gasteiger partial charge in [-0.15, -0.1) is 0 Å². The summed E-state index contributed by atoms with van der Waals surface area (Å²) in [5, 5.41) is 5.14. The Kier molecular flexibility index (Phi) is 6.36. The van der Waals surface area contributed by atoms with E-state index in [1.807, 2.05) is 63.2 Å². The zero-order valence-electron chi connectivity index (χ0n) is 14.5. The molecule has 0 bridgehead atoms. The first-order valence-electron chi connectivity index (χ1n) is 8.40. The number of benzene rings is 2. The predicted octanol–water partition coefficient (Wildman–Crippen LogP) is 4.00. The van der Waals surface area contributed by atoms with Gasteiger partial charge in [0.2, 0.25) is 0 Å². The average molecular weight is 327 g/mol. The lowest BCUT2D eigenvalue weighted by Crippen LogP contribution is -2.31. The third kappa shape index (κ3) is 5.08. The SMILES string of the molecule is CC(C)CCC(=O)OCC(=O)NC(C)c1cccc2ccccc12.